The van der Waals surface area contributed by atoms with Crippen LogP contribution in [0.1, 0.15) is 23.0 Å². The van der Waals surface area contributed by atoms with Crippen molar-refractivity contribution in [3.8, 4) is 0 Å². The molecule has 0 amide bonds. The van der Waals surface area contributed by atoms with Crippen molar-refractivity contribution in [2.75, 3.05) is 0 Å². The quantitative estimate of drug-likeness (QED) is 0.617. The molecule has 0 radical (unpaired) electrons. The number of ketones is 3. The molecule has 98 valence electrons. The van der Waals surface area contributed by atoms with Crippen LogP contribution in [-0.4, -0.2) is 17.3 Å². The van der Waals surface area contributed by atoms with Crippen LogP contribution in [0.15, 0.2) is 60.7 Å². The summed E-state index contributed by atoms with van der Waals surface area (Å²) in [5.41, 5.74) is 1.18. The normalized spacial score (nSPS) is 22.3. The number of Topliss-reactive ketones (excluding diaryl/α,β-unsaturated/α-hetero) is 3. The zero-order valence-electron chi connectivity index (χ0n) is 10.7. The Bertz CT molecular complexity index is 614. The van der Waals surface area contributed by atoms with E-state index in [4.69, 9.17) is 0 Å². The average molecular weight is 264 g/mol. The molecule has 1 saturated carbocycles. The first-order valence-electron chi connectivity index (χ1n) is 6.42. The topological polar surface area (TPSA) is 51.2 Å². The van der Waals surface area contributed by atoms with Crippen LogP contribution in [0.25, 0.3) is 0 Å². The van der Waals surface area contributed by atoms with E-state index in [1.165, 1.54) is 0 Å². The minimum absolute atomic E-state index is 0.322. The Morgan fingerprint density at radius 2 is 0.900 bits per heavy atom. The second kappa shape index (κ2) is 4.85. The van der Waals surface area contributed by atoms with Crippen LogP contribution in [-0.2, 0) is 14.4 Å². The van der Waals surface area contributed by atoms with Crippen molar-refractivity contribution in [3.05, 3.63) is 71.8 Å². The molecule has 1 aliphatic carbocycles. The third-order valence-corrected chi connectivity index (χ3v) is 3.60. The van der Waals surface area contributed by atoms with Crippen molar-refractivity contribution >= 4 is 17.3 Å². The highest BCUT2D eigenvalue weighted by Gasteiger charge is 2.49. The standard InChI is InChI=1S/C17H12O3/c18-15-13(11-7-3-1-4-8-11)16(19)17(20)14(15)12-9-5-2-6-10-12/h1-10,13-14H/t13-,14-/m0/s1. The van der Waals surface area contributed by atoms with Gasteiger partial charge < -0.3 is 0 Å². The summed E-state index contributed by atoms with van der Waals surface area (Å²) in [6.45, 7) is 0. The van der Waals surface area contributed by atoms with E-state index in [1.807, 2.05) is 12.1 Å². The molecule has 0 unspecified atom stereocenters. The first-order valence-corrected chi connectivity index (χ1v) is 6.42. The Morgan fingerprint density at radius 3 is 1.25 bits per heavy atom. The molecule has 2 atom stereocenters. The molecule has 1 fully saturated rings. The summed E-state index contributed by atoms with van der Waals surface area (Å²) in [5.74, 6) is -3.43. The highest BCUT2D eigenvalue weighted by Crippen LogP contribution is 2.35. The van der Waals surface area contributed by atoms with Crippen LogP contribution in [0.3, 0.4) is 0 Å². The number of carbonyl (C=O) groups excluding carboxylic acids is 3. The molecular formula is C17H12O3. The lowest BCUT2D eigenvalue weighted by atomic mass is 9.91. The number of carbonyl (C=O) groups is 3. The molecular weight excluding hydrogens is 252 g/mol. The molecule has 3 rings (SSSR count). The van der Waals surface area contributed by atoms with Crippen LogP contribution >= 0.6 is 0 Å². The highest BCUT2D eigenvalue weighted by molar-refractivity contribution is 6.54. The number of benzene rings is 2. The molecule has 3 nitrogen and oxygen atoms in total. The van der Waals surface area contributed by atoms with Crippen molar-refractivity contribution < 1.29 is 14.4 Å². The van der Waals surface area contributed by atoms with Crippen molar-refractivity contribution in [1.29, 1.82) is 0 Å². The smallest absolute Gasteiger partial charge is 0.214 e. The van der Waals surface area contributed by atoms with Crippen LogP contribution in [0.5, 0.6) is 0 Å². The molecule has 1 aliphatic rings. The monoisotopic (exact) mass is 264 g/mol. The fraction of sp³-hybridized carbons (Fsp3) is 0.118. The van der Waals surface area contributed by atoms with Gasteiger partial charge in [0.05, 0.1) is 0 Å². The van der Waals surface area contributed by atoms with Gasteiger partial charge in [0, 0.05) is 0 Å². The molecule has 0 saturated heterocycles. The molecule has 0 spiro atoms. The maximum atomic E-state index is 12.5. The lowest BCUT2D eigenvalue weighted by Gasteiger charge is -2.08. The van der Waals surface area contributed by atoms with Gasteiger partial charge in [0.25, 0.3) is 0 Å². The van der Waals surface area contributed by atoms with Gasteiger partial charge in [-0.05, 0) is 11.1 Å². The predicted octanol–water partition coefficient (Wildman–Crippen LogP) is 2.27. The second-order valence-electron chi connectivity index (χ2n) is 4.82. The molecule has 0 aliphatic heterocycles. The van der Waals surface area contributed by atoms with E-state index in [0.29, 0.717) is 11.1 Å². The van der Waals surface area contributed by atoms with E-state index < -0.39 is 23.4 Å². The van der Waals surface area contributed by atoms with Gasteiger partial charge in [-0.2, -0.15) is 0 Å². The third-order valence-electron chi connectivity index (χ3n) is 3.60. The first kappa shape index (κ1) is 12.5. The van der Waals surface area contributed by atoms with Crippen LogP contribution < -0.4 is 0 Å². The van der Waals surface area contributed by atoms with Gasteiger partial charge in [-0.3, -0.25) is 14.4 Å². The lowest BCUT2D eigenvalue weighted by Crippen LogP contribution is -2.14. The van der Waals surface area contributed by atoms with Gasteiger partial charge in [-0.15, -0.1) is 0 Å². The number of hydrogen-bond acceptors (Lipinski definition) is 3. The largest absolute Gasteiger partial charge is 0.297 e. The van der Waals surface area contributed by atoms with Gasteiger partial charge in [0.1, 0.15) is 11.8 Å². The Morgan fingerprint density at radius 1 is 0.550 bits per heavy atom. The number of rotatable bonds is 2. The van der Waals surface area contributed by atoms with E-state index in [2.05, 4.69) is 0 Å². The summed E-state index contributed by atoms with van der Waals surface area (Å²) in [7, 11) is 0. The molecule has 3 heteroatoms. The Hall–Kier alpha value is -2.55. The molecule has 2 aromatic carbocycles. The van der Waals surface area contributed by atoms with Gasteiger partial charge in [0.15, 0.2) is 5.78 Å². The summed E-state index contributed by atoms with van der Waals surface area (Å²) < 4.78 is 0. The Labute approximate surface area is 116 Å². The van der Waals surface area contributed by atoms with Gasteiger partial charge in [-0.25, -0.2) is 0 Å². The molecule has 0 aromatic heterocycles. The van der Waals surface area contributed by atoms with E-state index in [0.717, 1.165) is 0 Å². The maximum Gasteiger partial charge on any atom is 0.214 e. The number of hydrogen-bond donors (Lipinski definition) is 0. The Balaban J connectivity index is 2.03. The van der Waals surface area contributed by atoms with E-state index in [9.17, 15) is 14.4 Å². The Kier molecular flexibility index (Phi) is 3.03. The lowest BCUT2D eigenvalue weighted by molar-refractivity contribution is -0.135. The molecule has 20 heavy (non-hydrogen) atoms. The van der Waals surface area contributed by atoms with Crippen molar-refractivity contribution in [1.82, 2.24) is 0 Å². The van der Waals surface area contributed by atoms with Crippen LogP contribution in [0, 0.1) is 0 Å². The van der Waals surface area contributed by atoms with E-state index in [-0.39, 0.29) is 5.78 Å². The third kappa shape index (κ3) is 1.88. The molecule has 0 N–H and O–H groups in total. The fourth-order valence-electron chi connectivity index (χ4n) is 2.63. The van der Waals surface area contributed by atoms with Gasteiger partial charge >= 0.3 is 0 Å². The average Bonchev–Trinajstić information content (AvgIpc) is 2.71. The minimum atomic E-state index is -0.950. The summed E-state index contributed by atoms with van der Waals surface area (Å²) >= 11 is 0. The predicted molar refractivity (Wildman–Crippen MR) is 73.4 cm³/mol. The SMILES string of the molecule is O=C1C(=O)[C@@H](c2ccccc2)C(=O)[C@@H]1c1ccccc1. The van der Waals surface area contributed by atoms with E-state index in [1.54, 1.807) is 48.5 Å². The summed E-state index contributed by atoms with van der Waals surface area (Å²) in [5, 5.41) is 0. The van der Waals surface area contributed by atoms with Crippen molar-refractivity contribution in [3.63, 3.8) is 0 Å². The fourth-order valence-corrected chi connectivity index (χ4v) is 2.63. The van der Waals surface area contributed by atoms with Gasteiger partial charge in [0.2, 0.25) is 11.6 Å². The maximum absolute atomic E-state index is 12.5. The second-order valence-corrected chi connectivity index (χ2v) is 4.82. The van der Waals surface area contributed by atoms with Crippen LogP contribution in [0.2, 0.25) is 0 Å². The zero-order chi connectivity index (χ0) is 14.1. The van der Waals surface area contributed by atoms with Gasteiger partial charge in [-0.1, -0.05) is 60.7 Å². The van der Waals surface area contributed by atoms with E-state index >= 15 is 0 Å². The zero-order valence-corrected chi connectivity index (χ0v) is 10.7. The molecule has 0 bridgehead atoms. The summed E-state index contributed by atoms with van der Waals surface area (Å²) in [6.07, 6.45) is 0. The highest BCUT2D eigenvalue weighted by atomic mass is 16.2. The first-order chi connectivity index (χ1) is 9.70. The van der Waals surface area contributed by atoms with Crippen molar-refractivity contribution in [2.45, 2.75) is 11.8 Å². The minimum Gasteiger partial charge on any atom is -0.297 e. The summed E-state index contributed by atoms with van der Waals surface area (Å²) in [4.78, 5) is 36.7. The summed E-state index contributed by atoms with van der Waals surface area (Å²) in [6, 6.07) is 17.5. The van der Waals surface area contributed by atoms with Crippen molar-refractivity contribution in [2.24, 2.45) is 0 Å². The molecule has 0 heterocycles. The molecule has 2 aromatic rings. The van der Waals surface area contributed by atoms with Crippen LogP contribution in [0.4, 0.5) is 0 Å².